The Labute approximate surface area is 151 Å². The molecule has 0 bridgehead atoms. The van der Waals surface area contributed by atoms with Gasteiger partial charge >= 0.3 is 0 Å². The molecular weight excluding hydrogens is 320 g/mol. The predicted octanol–water partition coefficient (Wildman–Crippen LogP) is 2.82. The van der Waals surface area contributed by atoms with Gasteiger partial charge in [0.15, 0.2) is 0 Å². The highest BCUT2D eigenvalue weighted by Crippen LogP contribution is 2.21. The van der Waals surface area contributed by atoms with Crippen molar-refractivity contribution in [3.05, 3.63) is 85.5 Å². The van der Waals surface area contributed by atoms with Crippen molar-refractivity contribution < 1.29 is 9.13 Å². The van der Waals surface area contributed by atoms with Crippen LogP contribution >= 0.6 is 0 Å². The molecule has 0 aliphatic rings. The molecule has 0 aliphatic carbocycles. The van der Waals surface area contributed by atoms with E-state index in [0.717, 1.165) is 33.4 Å². The van der Waals surface area contributed by atoms with Gasteiger partial charge in [0.2, 0.25) is 12.7 Å². The molecule has 0 amide bonds. The number of rotatable bonds is 2. The van der Waals surface area contributed by atoms with Crippen molar-refractivity contribution in [1.82, 2.24) is 9.13 Å². The molecule has 26 heavy (non-hydrogen) atoms. The fourth-order valence-electron chi connectivity index (χ4n) is 3.55. The first-order valence-electron chi connectivity index (χ1n) is 8.61. The number of hydrogen-bond donors (Lipinski definition) is 0. The Morgan fingerprint density at radius 1 is 0.615 bits per heavy atom. The van der Waals surface area contributed by atoms with Gasteiger partial charge in [-0.2, -0.15) is 0 Å². The van der Waals surface area contributed by atoms with E-state index < -0.39 is 0 Å². The molecule has 0 saturated heterocycles. The molecule has 2 heterocycles. The van der Waals surface area contributed by atoms with Gasteiger partial charge in [-0.05, 0) is 0 Å². The van der Waals surface area contributed by atoms with Crippen LogP contribution in [0.3, 0.4) is 0 Å². The van der Waals surface area contributed by atoms with Gasteiger partial charge in [0, 0.05) is 11.4 Å². The van der Waals surface area contributed by atoms with Gasteiger partial charge in [-0.25, -0.2) is 0 Å². The van der Waals surface area contributed by atoms with E-state index in [1.54, 1.807) is 0 Å². The number of benzene rings is 3. The maximum absolute atomic E-state index is 3.40. The first-order chi connectivity index (χ1) is 12.7. The van der Waals surface area contributed by atoms with Crippen molar-refractivity contribution >= 4 is 22.1 Å². The summed E-state index contributed by atoms with van der Waals surface area (Å²) < 4.78 is 8.26. The second-order valence-electron chi connectivity index (χ2n) is 6.49. The van der Waals surface area contributed by atoms with Crippen molar-refractivity contribution in [3.8, 4) is 11.4 Å². The zero-order chi connectivity index (χ0) is 17.7. The lowest BCUT2D eigenvalue weighted by molar-refractivity contribution is -0.649. The van der Waals surface area contributed by atoms with Crippen molar-refractivity contribution in [2.24, 2.45) is 14.1 Å². The molecule has 2 aromatic heterocycles. The topological polar surface area (TPSA) is 17.6 Å². The molecule has 0 radical (unpaired) electrons. The molecular formula is C22H18N4. The average molecular weight is 338 g/mol. The third kappa shape index (κ3) is 2.15. The second-order valence-corrected chi connectivity index (χ2v) is 6.49. The van der Waals surface area contributed by atoms with Crippen LogP contribution in [0.15, 0.2) is 72.8 Å². The van der Waals surface area contributed by atoms with Crippen molar-refractivity contribution in [1.29, 1.82) is 0 Å². The van der Waals surface area contributed by atoms with Gasteiger partial charge in [-0.3, -0.25) is 0 Å². The van der Waals surface area contributed by atoms with Crippen LogP contribution in [0.2, 0.25) is 0 Å². The Morgan fingerprint density at radius 2 is 1.08 bits per heavy atom. The lowest BCUT2D eigenvalue weighted by Gasteiger charge is -2.10. The fraction of sp³-hybridized carbons (Fsp3) is 0.0909. The third-order valence-corrected chi connectivity index (χ3v) is 4.81. The summed E-state index contributed by atoms with van der Waals surface area (Å²) in [6.45, 7) is 0. The van der Waals surface area contributed by atoms with Crippen molar-refractivity contribution in [2.45, 2.75) is 0 Å². The van der Waals surface area contributed by atoms with Gasteiger partial charge in [0.05, 0.1) is 36.2 Å². The second kappa shape index (κ2) is 5.56. The van der Waals surface area contributed by atoms with E-state index in [4.69, 9.17) is 0 Å². The molecule has 0 N–H and O–H groups in total. The van der Waals surface area contributed by atoms with Crippen LogP contribution in [-0.2, 0) is 14.1 Å². The standard InChI is InChI=1S/C22H18N4/c1-23-15-25(21-12-5-3-10-19(21)23)17-8-7-9-18(14-17)26-16-24(2)20-11-4-6-13-22(20)26/h3-14H,1-2H3. The van der Waals surface area contributed by atoms with Gasteiger partial charge in [0.25, 0.3) is 0 Å². The minimum atomic E-state index is 1.08. The van der Waals surface area contributed by atoms with Crippen molar-refractivity contribution in [2.75, 3.05) is 0 Å². The monoisotopic (exact) mass is 338 g/mol. The molecule has 0 fully saturated rings. The third-order valence-electron chi connectivity index (χ3n) is 4.81. The van der Waals surface area contributed by atoms with E-state index in [-0.39, 0.29) is 0 Å². The van der Waals surface area contributed by atoms with Gasteiger partial charge in [-0.1, -0.05) is 72.8 Å². The summed E-state index contributed by atoms with van der Waals surface area (Å²) in [6.07, 6.45) is 6.80. The summed E-state index contributed by atoms with van der Waals surface area (Å²) in [4.78, 5) is 0. The number of aromatic nitrogens is 4. The zero-order valence-corrected chi connectivity index (χ0v) is 14.7. The molecule has 0 saturated carbocycles. The van der Waals surface area contributed by atoms with Gasteiger partial charge in [-0.15, -0.1) is 0 Å². The largest absolute Gasteiger partial charge is 0.320 e. The molecule has 0 aliphatic heterocycles. The van der Waals surface area contributed by atoms with E-state index in [1.807, 2.05) is 23.2 Å². The lowest BCUT2D eigenvalue weighted by atomic mass is 10.2. The quantitative estimate of drug-likeness (QED) is 0.348. The first kappa shape index (κ1) is 14.9. The van der Waals surface area contributed by atoms with Crippen LogP contribution in [0, 0.1) is 12.7 Å². The van der Waals surface area contributed by atoms with E-state index in [0.29, 0.717) is 0 Å². The van der Waals surface area contributed by atoms with E-state index >= 15 is 0 Å². The van der Waals surface area contributed by atoms with Crippen LogP contribution in [0.1, 0.15) is 0 Å². The maximum atomic E-state index is 3.40. The van der Waals surface area contributed by atoms with E-state index in [1.165, 1.54) is 0 Å². The highest BCUT2D eigenvalue weighted by atomic mass is 15.1. The van der Waals surface area contributed by atoms with Crippen LogP contribution in [-0.4, -0.2) is 9.13 Å². The summed E-state index contributed by atoms with van der Waals surface area (Å²) in [7, 11) is 4.05. The Bertz CT molecular complexity index is 1160. The smallest absolute Gasteiger partial charge is 0.244 e. The number of para-hydroxylation sites is 4. The molecule has 5 aromatic rings. The maximum Gasteiger partial charge on any atom is 0.244 e. The van der Waals surface area contributed by atoms with Crippen LogP contribution in [0.25, 0.3) is 33.4 Å². The molecule has 5 rings (SSSR count). The summed E-state index contributed by atoms with van der Waals surface area (Å²) in [5.74, 6) is 0. The van der Waals surface area contributed by atoms with Gasteiger partial charge in [0.1, 0.15) is 0 Å². The summed E-state index contributed by atoms with van der Waals surface area (Å²) in [5, 5.41) is 0. The Balaban J connectivity index is 1.72. The van der Waals surface area contributed by atoms with Gasteiger partial charge < -0.3 is 18.3 Å². The van der Waals surface area contributed by atoms with Crippen LogP contribution < -0.4 is 9.13 Å². The first-order valence-corrected chi connectivity index (χ1v) is 8.61. The zero-order valence-electron chi connectivity index (χ0n) is 14.7. The summed E-state index contributed by atoms with van der Waals surface area (Å²) >= 11 is 0. The highest BCUT2D eigenvalue weighted by Gasteiger charge is 2.09. The molecule has 0 spiro atoms. The van der Waals surface area contributed by atoms with Crippen molar-refractivity contribution in [3.63, 3.8) is 0 Å². The fourth-order valence-corrected chi connectivity index (χ4v) is 3.55. The lowest BCUT2D eigenvalue weighted by Crippen LogP contribution is -2.26. The normalized spacial score (nSPS) is 11.5. The SMILES string of the molecule is C[n+]1[c-]n(-c2cccc(-n3[c-][n+](C)c4ccccc43)c2)c2ccccc21. The number of imidazole rings is 2. The molecule has 0 unspecified atom stereocenters. The van der Waals surface area contributed by atoms with Crippen LogP contribution in [0.4, 0.5) is 0 Å². The minimum Gasteiger partial charge on any atom is -0.320 e. The number of nitrogens with zero attached hydrogens (tertiary/aromatic N) is 4. The number of fused-ring (bicyclic) bond motifs is 2. The van der Waals surface area contributed by atoms with E-state index in [2.05, 4.69) is 94.6 Å². The molecule has 126 valence electrons. The number of aryl methyl sites for hydroxylation is 2. The average Bonchev–Trinajstić information content (AvgIpc) is 3.20. The summed E-state index contributed by atoms with van der Waals surface area (Å²) in [5.41, 5.74) is 6.74. The predicted molar refractivity (Wildman–Crippen MR) is 100 cm³/mol. The molecule has 4 heteroatoms. The molecule has 3 aromatic carbocycles. The van der Waals surface area contributed by atoms with Crippen LogP contribution in [0.5, 0.6) is 0 Å². The number of hydrogen-bond acceptors (Lipinski definition) is 0. The minimum absolute atomic E-state index is 1.08. The van der Waals surface area contributed by atoms with E-state index in [9.17, 15) is 0 Å². The Kier molecular flexibility index (Phi) is 3.19. The summed E-state index contributed by atoms with van der Waals surface area (Å²) in [6, 6.07) is 25.2. The highest BCUT2D eigenvalue weighted by molar-refractivity contribution is 5.75. The molecule has 0 atom stereocenters. The Hall–Kier alpha value is -3.40. The Morgan fingerprint density at radius 3 is 1.58 bits per heavy atom. The molecule has 4 nitrogen and oxygen atoms in total.